The lowest BCUT2D eigenvalue weighted by molar-refractivity contribution is 0.577. The smallest absolute Gasteiger partial charge is 0.122 e. The van der Waals surface area contributed by atoms with E-state index in [0.717, 1.165) is 0 Å². The highest BCUT2D eigenvalue weighted by atomic mass is 32.2. The van der Waals surface area contributed by atoms with Crippen molar-refractivity contribution < 1.29 is 0 Å². The molecule has 1 rings (SSSR count). The van der Waals surface area contributed by atoms with Gasteiger partial charge in [0.25, 0.3) is 0 Å². The molecule has 0 spiro atoms. The van der Waals surface area contributed by atoms with Crippen LogP contribution >= 0.6 is 11.8 Å². The fourth-order valence-corrected chi connectivity index (χ4v) is 2.55. The summed E-state index contributed by atoms with van der Waals surface area (Å²) >= 11 is 1.89. The molecule has 1 atom stereocenters. The first-order chi connectivity index (χ1) is 6.84. The van der Waals surface area contributed by atoms with Crippen LogP contribution in [0.3, 0.4) is 0 Å². The first kappa shape index (κ1) is 12.6. The monoisotopic (exact) mass is 226 g/mol. The number of rotatable bonds is 3. The van der Waals surface area contributed by atoms with E-state index in [-0.39, 0.29) is 5.41 Å². The molecule has 15 heavy (non-hydrogen) atoms. The van der Waals surface area contributed by atoms with Gasteiger partial charge >= 0.3 is 0 Å². The van der Waals surface area contributed by atoms with E-state index >= 15 is 0 Å². The van der Waals surface area contributed by atoms with Crippen LogP contribution in [0.1, 0.15) is 46.6 Å². The molecular formula is C12H22N2S. The van der Waals surface area contributed by atoms with Crippen molar-refractivity contribution in [2.45, 2.75) is 56.7 Å². The molecular weight excluding hydrogens is 204 g/mol. The molecule has 1 aromatic rings. The molecule has 86 valence electrons. The van der Waals surface area contributed by atoms with Gasteiger partial charge in [0.1, 0.15) is 5.03 Å². The molecule has 1 heterocycles. The molecule has 0 fully saturated rings. The highest BCUT2D eigenvalue weighted by Gasteiger charge is 2.22. The summed E-state index contributed by atoms with van der Waals surface area (Å²) in [6.07, 6.45) is 3.33. The SMILES string of the molecule is CCC(C)Sc1nn(C)cc1C(C)(C)C. The molecule has 0 aromatic carbocycles. The van der Waals surface area contributed by atoms with Crippen LogP contribution in [0.15, 0.2) is 11.2 Å². The Morgan fingerprint density at radius 2 is 2.07 bits per heavy atom. The largest absolute Gasteiger partial charge is 0.274 e. The topological polar surface area (TPSA) is 17.8 Å². The Kier molecular flexibility index (Phi) is 3.87. The quantitative estimate of drug-likeness (QED) is 0.733. The Morgan fingerprint density at radius 3 is 2.53 bits per heavy atom. The molecule has 0 radical (unpaired) electrons. The molecule has 0 saturated heterocycles. The zero-order valence-corrected chi connectivity index (χ0v) is 11.5. The minimum Gasteiger partial charge on any atom is -0.274 e. The molecule has 0 aliphatic carbocycles. The van der Waals surface area contributed by atoms with Crippen LogP contribution in [-0.2, 0) is 12.5 Å². The molecule has 1 aromatic heterocycles. The van der Waals surface area contributed by atoms with Crippen molar-refractivity contribution in [2.24, 2.45) is 7.05 Å². The van der Waals surface area contributed by atoms with Gasteiger partial charge < -0.3 is 0 Å². The van der Waals surface area contributed by atoms with E-state index in [1.54, 1.807) is 0 Å². The second-order valence-corrected chi connectivity index (χ2v) is 6.54. The van der Waals surface area contributed by atoms with E-state index in [1.165, 1.54) is 17.0 Å². The standard InChI is InChI=1S/C12H22N2S/c1-7-9(2)15-11-10(12(3,4)5)8-14(6)13-11/h8-9H,7H2,1-6H3. The van der Waals surface area contributed by atoms with Gasteiger partial charge in [0.05, 0.1) is 0 Å². The van der Waals surface area contributed by atoms with Crippen LogP contribution < -0.4 is 0 Å². The first-order valence-corrected chi connectivity index (χ1v) is 6.43. The van der Waals surface area contributed by atoms with Gasteiger partial charge in [-0.2, -0.15) is 5.10 Å². The fourth-order valence-electron chi connectivity index (χ4n) is 1.34. The Morgan fingerprint density at radius 1 is 1.47 bits per heavy atom. The van der Waals surface area contributed by atoms with Crippen LogP contribution in [0.2, 0.25) is 0 Å². The van der Waals surface area contributed by atoms with Crippen LogP contribution in [0, 0.1) is 0 Å². The summed E-state index contributed by atoms with van der Waals surface area (Å²) in [5.41, 5.74) is 1.54. The summed E-state index contributed by atoms with van der Waals surface area (Å²) in [4.78, 5) is 0. The Bertz CT molecular complexity index is 323. The third-order valence-corrected chi connectivity index (χ3v) is 3.75. The average Bonchev–Trinajstić information content (AvgIpc) is 2.45. The number of aryl methyl sites for hydroxylation is 1. The van der Waals surface area contributed by atoms with Gasteiger partial charge in [-0.15, -0.1) is 11.8 Å². The average molecular weight is 226 g/mol. The predicted octanol–water partition coefficient (Wildman–Crippen LogP) is 3.61. The summed E-state index contributed by atoms with van der Waals surface area (Å²) in [6.45, 7) is 11.2. The fraction of sp³-hybridized carbons (Fsp3) is 0.750. The van der Waals surface area contributed by atoms with E-state index in [4.69, 9.17) is 0 Å². The van der Waals surface area contributed by atoms with Crippen LogP contribution in [-0.4, -0.2) is 15.0 Å². The molecule has 3 heteroatoms. The summed E-state index contributed by atoms with van der Waals surface area (Å²) in [5.74, 6) is 0. The van der Waals surface area contributed by atoms with Gasteiger partial charge in [0, 0.05) is 24.1 Å². The van der Waals surface area contributed by atoms with E-state index < -0.39 is 0 Å². The zero-order chi connectivity index (χ0) is 11.6. The van der Waals surface area contributed by atoms with E-state index in [9.17, 15) is 0 Å². The van der Waals surface area contributed by atoms with Crippen molar-refractivity contribution in [1.29, 1.82) is 0 Å². The van der Waals surface area contributed by atoms with E-state index in [2.05, 4.69) is 45.9 Å². The van der Waals surface area contributed by atoms with E-state index in [0.29, 0.717) is 5.25 Å². The highest BCUT2D eigenvalue weighted by molar-refractivity contribution is 7.99. The molecule has 0 N–H and O–H groups in total. The minimum atomic E-state index is 0.185. The maximum absolute atomic E-state index is 4.54. The van der Waals surface area contributed by atoms with Crippen molar-refractivity contribution in [3.63, 3.8) is 0 Å². The van der Waals surface area contributed by atoms with Gasteiger partial charge in [-0.3, -0.25) is 4.68 Å². The first-order valence-electron chi connectivity index (χ1n) is 5.55. The van der Waals surface area contributed by atoms with Gasteiger partial charge in [0.2, 0.25) is 0 Å². The number of aromatic nitrogens is 2. The van der Waals surface area contributed by atoms with Crippen LogP contribution in [0.5, 0.6) is 0 Å². The summed E-state index contributed by atoms with van der Waals surface area (Å²) in [6, 6.07) is 0. The number of hydrogen-bond donors (Lipinski definition) is 0. The normalized spacial score (nSPS) is 14.3. The van der Waals surface area contributed by atoms with Crippen molar-refractivity contribution in [2.75, 3.05) is 0 Å². The predicted molar refractivity (Wildman–Crippen MR) is 67.5 cm³/mol. The Labute approximate surface area is 97.4 Å². The molecule has 0 amide bonds. The lowest BCUT2D eigenvalue weighted by Crippen LogP contribution is -2.11. The second kappa shape index (κ2) is 4.60. The van der Waals surface area contributed by atoms with Gasteiger partial charge in [-0.25, -0.2) is 0 Å². The maximum atomic E-state index is 4.54. The van der Waals surface area contributed by atoms with Crippen molar-refractivity contribution in [1.82, 2.24) is 9.78 Å². The highest BCUT2D eigenvalue weighted by Crippen LogP contribution is 2.33. The zero-order valence-electron chi connectivity index (χ0n) is 10.7. The van der Waals surface area contributed by atoms with Crippen molar-refractivity contribution in [3.8, 4) is 0 Å². The van der Waals surface area contributed by atoms with Gasteiger partial charge in [0.15, 0.2) is 0 Å². The van der Waals surface area contributed by atoms with Crippen LogP contribution in [0.4, 0.5) is 0 Å². The number of hydrogen-bond acceptors (Lipinski definition) is 2. The molecule has 0 aliphatic heterocycles. The third-order valence-electron chi connectivity index (χ3n) is 2.49. The molecule has 1 unspecified atom stereocenters. The van der Waals surface area contributed by atoms with Crippen molar-refractivity contribution >= 4 is 11.8 Å². The summed E-state index contributed by atoms with van der Waals surface area (Å²) in [7, 11) is 2.00. The molecule has 0 bridgehead atoms. The third kappa shape index (κ3) is 3.26. The minimum absolute atomic E-state index is 0.185. The number of thioether (sulfide) groups is 1. The lowest BCUT2D eigenvalue weighted by Gasteiger charge is -2.18. The number of nitrogens with zero attached hydrogens (tertiary/aromatic N) is 2. The van der Waals surface area contributed by atoms with Gasteiger partial charge in [-0.05, 0) is 11.8 Å². The molecule has 2 nitrogen and oxygen atoms in total. The lowest BCUT2D eigenvalue weighted by atomic mass is 9.90. The summed E-state index contributed by atoms with van der Waals surface area (Å²) < 4.78 is 1.92. The van der Waals surface area contributed by atoms with Crippen LogP contribution in [0.25, 0.3) is 0 Å². The van der Waals surface area contributed by atoms with E-state index in [1.807, 2.05) is 23.5 Å². The maximum Gasteiger partial charge on any atom is 0.122 e. The van der Waals surface area contributed by atoms with Gasteiger partial charge in [-0.1, -0.05) is 34.6 Å². The Hall–Kier alpha value is -0.440. The molecule has 0 aliphatic rings. The molecule has 0 saturated carbocycles. The second-order valence-electron chi connectivity index (χ2n) is 5.11. The summed E-state index contributed by atoms with van der Waals surface area (Å²) in [5, 5.41) is 6.38. The Balaban J connectivity index is 2.96. The van der Waals surface area contributed by atoms with Crippen molar-refractivity contribution in [3.05, 3.63) is 11.8 Å².